The molecule has 0 aliphatic rings. The van der Waals surface area contributed by atoms with Crippen LogP contribution in [0.4, 0.5) is 13.2 Å². The van der Waals surface area contributed by atoms with E-state index in [0.717, 1.165) is 19.2 Å². The topological polar surface area (TPSA) is 29.5 Å². The summed E-state index contributed by atoms with van der Waals surface area (Å²) < 4.78 is 41.8. The molecule has 0 atom stereocenters. The number of ether oxygens (including phenoxy) is 1. The Kier molecular flexibility index (Phi) is 2.94. The van der Waals surface area contributed by atoms with Gasteiger partial charge in [-0.3, -0.25) is 0 Å². The molecule has 1 rings (SSSR count). The van der Waals surface area contributed by atoms with E-state index in [1.165, 1.54) is 0 Å². The van der Waals surface area contributed by atoms with Crippen LogP contribution in [0.3, 0.4) is 0 Å². The van der Waals surface area contributed by atoms with Crippen LogP contribution in [0.5, 0.6) is 11.5 Å². The maximum atomic E-state index is 12.4. The van der Waals surface area contributed by atoms with Crippen LogP contribution in [0.15, 0.2) is 16.6 Å². The number of phenolic OH excluding ortho intramolecular Hbond substituents is 1. The first-order valence-electron chi connectivity index (χ1n) is 3.50. The van der Waals surface area contributed by atoms with Gasteiger partial charge in [-0.15, -0.1) is 0 Å². The van der Waals surface area contributed by atoms with Crippen LogP contribution < -0.4 is 4.74 Å². The lowest BCUT2D eigenvalue weighted by molar-refractivity contribution is -0.138. The second-order valence-electron chi connectivity index (χ2n) is 2.50. The summed E-state index contributed by atoms with van der Waals surface area (Å²) in [4.78, 5) is 0. The standard InChI is InChI=1S/C8H6BrF3O2/c1-14-7-5(8(10,11)12)2-4(9)3-6(7)13/h2-3,13H,1H3. The average Bonchev–Trinajstić information content (AvgIpc) is 2.01. The van der Waals surface area contributed by atoms with Crippen LogP contribution >= 0.6 is 15.9 Å². The number of alkyl halides is 3. The monoisotopic (exact) mass is 270 g/mol. The molecular formula is C8H6BrF3O2. The summed E-state index contributed by atoms with van der Waals surface area (Å²) in [6.07, 6.45) is -4.55. The molecule has 0 amide bonds. The molecule has 0 aliphatic carbocycles. The quantitative estimate of drug-likeness (QED) is 0.850. The Hall–Kier alpha value is -0.910. The predicted octanol–water partition coefficient (Wildman–Crippen LogP) is 3.18. The molecule has 1 N–H and O–H groups in total. The first-order valence-corrected chi connectivity index (χ1v) is 4.29. The Morgan fingerprint density at radius 1 is 1.36 bits per heavy atom. The van der Waals surface area contributed by atoms with E-state index in [4.69, 9.17) is 0 Å². The highest BCUT2D eigenvalue weighted by molar-refractivity contribution is 9.10. The fraction of sp³-hybridized carbons (Fsp3) is 0.250. The van der Waals surface area contributed by atoms with E-state index < -0.39 is 23.2 Å². The molecule has 78 valence electrons. The first kappa shape index (κ1) is 11.2. The Morgan fingerprint density at radius 3 is 2.36 bits per heavy atom. The number of phenols is 1. The van der Waals surface area contributed by atoms with E-state index in [-0.39, 0.29) is 4.47 Å². The summed E-state index contributed by atoms with van der Waals surface area (Å²) >= 11 is 2.85. The van der Waals surface area contributed by atoms with Gasteiger partial charge < -0.3 is 9.84 Å². The van der Waals surface area contributed by atoms with Gasteiger partial charge in [0.15, 0.2) is 11.5 Å². The van der Waals surface area contributed by atoms with Gasteiger partial charge in [-0.1, -0.05) is 15.9 Å². The normalized spacial score (nSPS) is 11.5. The predicted molar refractivity (Wildman–Crippen MR) is 47.4 cm³/mol. The Bertz CT molecular complexity index is 349. The molecule has 0 saturated carbocycles. The van der Waals surface area contributed by atoms with Crippen molar-refractivity contribution >= 4 is 15.9 Å². The first-order chi connectivity index (χ1) is 6.36. The Morgan fingerprint density at radius 2 is 1.93 bits per heavy atom. The SMILES string of the molecule is COc1c(O)cc(Br)cc1C(F)(F)F. The van der Waals surface area contributed by atoms with Crippen LogP contribution in [0, 0.1) is 0 Å². The van der Waals surface area contributed by atoms with Gasteiger partial charge in [-0.05, 0) is 12.1 Å². The highest BCUT2D eigenvalue weighted by Crippen LogP contribution is 2.42. The number of methoxy groups -OCH3 is 1. The van der Waals surface area contributed by atoms with Gasteiger partial charge >= 0.3 is 6.18 Å². The fourth-order valence-corrected chi connectivity index (χ4v) is 1.45. The molecule has 0 unspecified atom stereocenters. The third-order valence-electron chi connectivity index (χ3n) is 1.54. The molecule has 1 aromatic carbocycles. The minimum atomic E-state index is -4.55. The molecule has 0 radical (unpaired) electrons. The number of aromatic hydroxyl groups is 1. The maximum absolute atomic E-state index is 12.4. The third-order valence-corrected chi connectivity index (χ3v) is 2.00. The van der Waals surface area contributed by atoms with Crippen molar-refractivity contribution in [2.24, 2.45) is 0 Å². The van der Waals surface area contributed by atoms with Crippen LogP contribution in [-0.2, 0) is 6.18 Å². The van der Waals surface area contributed by atoms with Crippen molar-refractivity contribution in [2.45, 2.75) is 6.18 Å². The minimum absolute atomic E-state index is 0.142. The van der Waals surface area contributed by atoms with Gasteiger partial charge in [-0.25, -0.2) is 0 Å². The molecule has 6 heteroatoms. The second-order valence-corrected chi connectivity index (χ2v) is 3.42. The van der Waals surface area contributed by atoms with Crippen molar-refractivity contribution in [1.82, 2.24) is 0 Å². The van der Waals surface area contributed by atoms with Crippen LogP contribution in [-0.4, -0.2) is 12.2 Å². The summed E-state index contributed by atoms with van der Waals surface area (Å²) in [5.41, 5.74) is -1.01. The summed E-state index contributed by atoms with van der Waals surface area (Å²) in [6.45, 7) is 0. The van der Waals surface area contributed by atoms with E-state index in [1.807, 2.05) is 0 Å². The summed E-state index contributed by atoms with van der Waals surface area (Å²) in [6, 6.07) is 1.98. The summed E-state index contributed by atoms with van der Waals surface area (Å²) in [5, 5.41) is 9.18. The molecule has 2 nitrogen and oxygen atoms in total. The van der Waals surface area contributed by atoms with Gasteiger partial charge in [0, 0.05) is 4.47 Å². The van der Waals surface area contributed by atoms with E-state index in [2.05, 4.69) is 20.7 Å². The molecule has 0 fully saturated rings. The van der Waals surface area contributed by atoms with E-state index in [1.54, 1.807) is 0 Å². The molecule has 0 saturated heterocycles. The zero-order valence-electron chi connectivity index (χ0n) is 7.02. The van der Waals surface area contributed by atoms with Crippen molar-refractivity contribution in [2.75, 3.05) is 7.11 Å². The van der Waals surface area contributed by atoms with Crippen molar-refractivity contribution in [3.63, 3.8) is 0 Å². The Labute approximate surface area is 86.4 Å². The number of benzene rings is 1. The number of hydrogen-bond donors (Lipinski definition) is 1. The molecule has 0 aliphatic heterocycles. The van der Waals surface area contributed by atoms with Crippen LogP contribution in [0.25, 0.3) is 0 Å². The van der Waals surface area contributed by atoms with Crippen molar-refractivity contribution in [3.05, 3.63) is 22.2 Å². The third kappa shape index (κ3) is 2.12. The number of halogens is 4. The molecule has 14 heavy (non-hydrogen) atoms. The zero-order chi connectivity index (χ0) is 10.9. The van der Waals surface area contributed by atoms with Gasteiger partial charge in [0.2, 0.25) is 0 Å². The maximum Gasteiger partial charge on any atom is 0.420 e. The average molecular weight is 271 g/mol. The van der Waals surface area contributed by atoms with Gasteiger partial charge in [0.1, 0.15) is 5.56 Å². The number of hydrogen-bond acceptors (Lipinski definition) is 2. The highest BCUT2D eigenvalue weighted by Gasteiger charge is 2.35. The molecule has 1 aromatic rings. The summed E-state index contributed by atoms with van der Waals surface area (Å²) in [5.74, 6) is -1.12. The molecule has 0 spiro atoms. The smallest absolute Gasteiger partial charge is 0.420 e. The van der Waals surface area contributed by atoms with Gasteiger partial charge in [0.25, 0.3) is 0 Å². The van der Waals surface area contributed by atoms with Crippen LogP contribution in [0.1, 0.15) is 5.56 Å². The van der Waals surface area contributed by atoms with Crippen molar-refractivity contribution < 1.29 is 23.0 Å². The molecule has 0 heterocycles. The molecule has 0 aromatic heterocycles. The van der Waals surface area contributed by atoms with E-state index in [9.17, 15) is 18.3 Å². The molecule has 0 bridgehead atoms. The van der Waals surface area contributed by atoms with E-state index >= 15 is 0 Å². The summed E-state index contributed by atoms with van der Waals surface area (Å²) in [7, 11) is 1.07. The largest absolute Gasteiger partial charge is 0.504 e. The lowest BCUT2D eigenvalue weighted by atomic mass is 10.2. The molecular weight excluding hydrogens is 265 g/mol. The fourth-order valence-electron chi connectivity index (χ4n) is 1.00. The zero-order valence-corrected chi connectivity index (χ0v) is 8.61. The highest BCUT2D eigenvalue weighted by atomic mass is 79.9. The van der Waals surface area contributed by atoms with Crippen molar-refractivity contribution in [1.29, 1.82) is 0 Å². The lowest BCUT2D eigenvalue weighted by Crippen LogP contribution is -2.07. The lowest BCUT2D eigenvalue weighted by Gasteiger charge is -2.13. The second kappa shape index (κ2) is 3.68. The van der Waals surface area contributed by atoms with Crippen LogP contribution in [0.2, 0.25) is 0 Å². The minimum Gasteiger partial charge on any atom is -0.504 e. The van der Waals surface area contributed by atoms with Crippen molar-refractivity contribution in [3.8, 4) is 11.5 Å². The van der Waals surface area contributed by atoms with Gasteiger partial charge in [0.05, 0.1) is 7.11 Å². The number of rotatable bonds is 1. The van der Waals surface area contributed by atoms with E-state index in [0.29, 0.717) is 0 Å². The van der Waals surface area contributed by atoms with Gasteiger partial charge in [-0.2, -0.15) is 13.2 Å². The Balaban J connectivity index is 3.40.